The van der Waals surface area contributed by atoms with Gasteiger partial charge >= 0.3 is 0 Å². The molecule has 4 rings (SSSR count). The summed E-state index contributed by atoms with van der Waals surface area (Å²) in [6.45, 7) is 1.49. The highest BCUT2D eigenvalue weighted by Gasteiger charge is 2.45. The van der Waals surface area contributed by atoms with Gasteiger partial charge in [-0.15, -0.1) is 0 Å². The summed E-state index contributed by atoms with van der Waals surface area (Å²) in [6, 6.07) is 20.2. The van der Waals surface area contributed by atoms with Crippen molar-refractivity contribution in [3.05, 3.63) is 89.6 Å². The van der Waals surface area contributed by atoms with Crippen LogP contribution in [-0.2, 0) is 18.7 Å². The third kappa shape index (κ3) is 3.89. The van der Waals surface area contributed by atoms with E-state index in [0.717, 1.165) is 43.6 Å². The van der Waals surface area contributed by atoms with Crippen molar-refractivity contribution in [3.63, 3.8) is 0 Å². The summed E-state index contributed by atoms with van der Waals surface area (Å²) in [6.07, 6.45) is 6.05. The molecule has 1 aliphatic rings. The molecule has 4 heteroatoms. The Bertz CT molecular complexity index is 872. The zero-order valence-electron chi connectivity index (χ0n) is 16.4. The minimum absolute atomic E-state index is 0.142. The van der Waals surface area contributed by atoms with Gasteiger partial charge in [0.15, 0.2) is 5.60 Å². The lowest BCUT2D eigenvalue weighted by Gasteiger charge is -2.31. The predicted molar refractivity (Wildman–Crippen MR) is 110 cm³/mol. The Morgan fingerprint density at radius 3 is 2.32 bits per heavy atom. The van der Waals surface area contributed by atoms with E-state index >= 15 is 0 Å². The van der Waals surface area contributed by atoms with Crippen LogP contribution in [0.25, 0.3) is 0 Å². The Hall–Kier alpha value is -2.43. The van der Waals surface area contributed by atoms with E-state index in [4.69, 9.17) is 4.42 Å². The van der Waals surface area contributed by atoms with Gasteiger partial charge in [-0.25, -0.2) is 4.98 Å². The van der Waals surface area contributed by atoms with Crippen LogP contribution in [0.2, 0.25) is 0 Å². The van der Waals surface area contributed by atoms with E-state index in [1.165, 1.54) is 5.56 Å². The normalized spacial score (nSPS) is 17.1. The molecule has 0 radical (unpaired) electrons. The molecule has 0 bridgehead atoms. The highest BCUT2D eigenvalue weighted by Crippen LogP contribution is 2.44. The molecule has 1 fully saturated rings. The Morgan fingerprint density at radius 1 is 1.00 bits per heavy atom. The molecule has 28 heavy (non-hydrogen) atoms. The summed E-state index contributed by atoms with van der Waals surface area (Å²) in [5.74, 6) is 1.35. The molecule has 3 aromatic rings. The molecular formula is C24H28N2O2. The molecule has 1 heterocycles. The second-order valence-corrected chi connectivity index (χ2v) is 7.90. The van der Waals surface area contributed by atoms with Gasteiger partial charge in [-0.1, -0.05) is 73.5 Å². The number of rotatable bonds is 7. The van der Waals surface area contributed by atoms with Gasteiger partial charge in [0.2, 0.25) is 5.89 Å². The number of oxazole rings is 1. The third-order valence-corrected chi connectivity index (χ3v) is 5.76. The fraction of sp³-hybridized carbons (Fsp3) is 0.375. The topological polar surface area (TPSA) is 49.5 Å². The first-order valence-corrected chi connectivity index (χ1v) is 10.1. The second-order valence-electron chi connectivity index (χ2n) is 7.90. The van der Waals surface area contributed by atoms with Crippen LogP contribution in [-0.4, -0.2) is 22.0 Å². The van der Waals surface area contributed by atoms with E-state index < -0.39 is 5.60 Å². The smallest absolute Gasteiger partial charge is 0.231 e. The Labute approximate surface area is 166 Å². The Balaban J connectivity index is 1.55. The lowest BCUT2D eigenvalue weighted by molar-refractivity contribution is -0.00728. The maximum atomic E-state index is 11.8. The van der Waals surface area contributed by atoms with Gasteiger partial charge in [-0.3, -0.25) is 4.90 Å². The zero-order chi connectivity index (χ0) is 19.4. The van der Waals surface area contributed by atoms with E-state index in [1.807, 2.05) is 36.4 Å². The van der Waals surface area contributed by atoms with Crippen molar-refractivity contribution in [1.29, 1.82) is 0 Å². The molecule has 1 N–H and O–H groups in total. The molecule has 0 saturated heterocycles. The second kappa shape index (κ2) is 8.29. The van der Waals surface area contributed by atoms with E-state index in [9.17, 15) is 5.11 Å². The predicted octanol–water partition coefficient (Wildman–Crippen LogP) is 4.73. The number of aromatic nitrogens is 1. The summed E-state index contributed by atoms with van der Waals surface area (Å²) < 4.78 is 6.12. The minimum atomic E-state index is -1.16. The summed E-state index contributed by atoms with van der Waals surface area (Å²) in [7, 11) is 2.07. The van der Waals surface area contributed by atoms with Gasteiger partial charge in [-0.2, -0.15) is 0 Å². The molecular weight excluding hydrogens is 348 g/mol. The number of aliphatic hydroxyl groups is 1. The molecule has 2 aromatic carbocycles. The molecule has 4 nitrogen and oxygen atoms in total. The Morgan fingerprint density at radius 2 is 1.64 bits per heavy atom. The molecule has 0 spiro atoms. The van der Waals surface area contributed by atoms with Crippen molar-refractivity contribution in [2.45, 2.75) is 44.4 Å². The summed E-state index contributed by atoms with van der Waals surface area (Å²) >= 11 is 0. The average Bonchev–Trinajstić information content (AvgIpc) is 3.41. The largest absolute Gasteiger partial charge is 0.441 e. The standard InChI is InChI=1S/C24H28N2O2/c1-26(17-19-10-4-2-5-11-19)18-22-16-25-23(28-22)24(27,21-14-8-9-15-21)20-12-6-3-7-13-20/h2-7,10-13,16,21,27H,8-9,14-15,17-18H2,1H3. The number of hydrogen-bond acceptors (Lipinski definition) is 4. The summed E-state index contributed by atoms with van der Waals surface area (Å²) in [5.41, 5.74) is 0.970. The van der Waals surface area contributed by atoms with Crippen LogP contribution in [0.15, 0.2) is 71.3 Å². The van der Waals surface area contributed by atoms with E-state index in [0.29, 0.717) is 12.4 Å². The van der Waals surface area contributed by atoms with Crippen molar-refractivity contribution in [2.24, 2.45) is 5.92 Å². The molecule has 1 atom stereocenters. The molecule has 0 amide bonds. The average molecular weight is 377 g/mol. The van der Waals surface area contributed by atoms with Crippen LogP contribution in [0, 0.1) is 5.92 Å². The van der Waals surface area contributed by atoms with Gasteiger partial charge in [-0.05, 0) is 31.0 Å². The molecule has 1 aromatic heterocycles. The molecule has 0 aliphatic heterocycles. The highest BCUT2D eigenvalue weighted by molar-refractivity contribution is 5.30. The monoisotopic (exact) mass is 376 g/mol. The number of nitrogens with zero attached hydrogens (tertiary/aromatic N) is 2. The summed E-state index contributed by atoms with van der Waals surface area (Å²) in [4.78, 5) is 6.72. The maximum absolute atomic E-state index is 11.8. The van der Waals surface area contributed by atoms with Crippen molar-refractivity contribution >= 4 is 0 Å². The van der Waals surface area contributed by atoms with Gasteiger partial charge in [0, 0.05) is 12.5 Å². The maximum Gasteiger partial charge on any atom is 0.231 e. The molecule has 1 unspecified atom stereocenters. The van der Waals surface area contributed by atoms with Crippen LogP contribution in [0.5, 0.6) is 0 Å². The highest BCUT2D eigenvalue weighted by atomic mass is 16.4. The fourth-order valence-electron chi connectivity index (χ4n) is 4.34. The zero-order valence-corrected chi connectivity index (χ0v) is 16.4. The van der Waals surface area contributed by atoms with Crippen LogP contribution in [0.4, 0.5) is 0 Å². The van der Waals surface area contributed by atoms with Crippen molar-refractivity contribution in [3.8, 4) is 0 Å². The van der Waals surface area contributed by atoms with Crippen LogP contribution in [0.1, 0.15) is 48.5 Å². The molecule has 146 valence electrons. The lowest BCUT2D eigenvalue weighted by Crippen LogP contribution is -2.35. The van der Waals surface area contributed by atoms with E-state index in [-0.39, 0.29) is 5.92 Å². The van der Waals surface area contributed by atoms with Crippen LogP contribution >= 0.6 is 0 Å². The quantitative estimate of drug-likeness (QED) is 0.647. The first kappa shape index (κ1) is 18.9. The SMILES string of the molecule is CN(Cc1ccccc1)Cc1cnc(C(O)(c2ccccc2)C2CCCC2)o1. The van der Waals surface area contributed by atoms with Gasteiger partial charge in [0.05, 0.1) is 12.7 Å². The molecule has 1 aliphatic carbocycles. The number of hydrogen-bond donors (Lipinski definition) is 1. The molecule has 1 saturated carbocycles. The van der Waals surface area contributed by atoms with Gasteiger partial charge in [0.25, 0.3) is 0 Å². The fourth-order valence-corrected chi connectivity index (χ4v) is 4.34. The Kier molecular flexibility index (Phi) is 5.60. The third-order valence-electron chi connectivity index (χ3n) is 5.76. The van der Waals surface area contributed by atoms with Crippen molar-refractivity contribution in [1.82, 2.24) is 9.88 Å². The van der Waals surface area contributed by atoms with Crippen molar-refractivity contribution in [2.75, 3.05) is 7.05 Å². The minimum Gasteiger partial charge on any atom is -0.441 e. The van der Waals surface area contributed by atoms with Crippen molar-refractivity contribution < 1.29 is 9.52 Å². The number of benzene rings is 2. The van der Waals surface area contributed by atoms with E-state index in [2.05, 4.69) is 41.2 Å². The van der Waals surface area contributed by atoms with Crippen LogP contribution < -0.4 is 0 Å². The van der Waals surface area contributed by atoms with Gasteiger partial charge in [0.1, 0.15) is 5.76 Å². The van der Waals surface area contributed by atoms with Gasteiger partial charge < -0.3 is 9.52 Å². The van der Waals surface area contributed by atoms with E-state index in [1.54, 1.807) is 6.20 Å². The lowest BCUT2D eigenvalue weighted by atomic mass is 9.80. The van der Waals surface area contributed by atoms with Crippen LogP contribution in [0.3, 0.4) is 0 Å². The first-order valence-electron chi connectivity index (χ1n) is 10.1. The first-order chi connectivity index (χ1) is 13.7. The summed E-state index contributed by atoms with van der Waals surface area (Å²) in [5, 5.41) is 11.8.